The van der Waals surface area contributed by atoms with Gasteiger partial charge in [0.05, 0.1) is 0 Å². The number of rotatable bonds is 5. The first-order valence-electron chi connectivity index (χ1n) is 6.30. The van der Waals surface area contributed by atoms with Gasteiger partial charge >= 0.3 is 0 Å². The largest absolute Gasteiger partial charge is 0.0877 e. The summed E-state index contributed by atoms with van der Waals surface area (Å²) in [6.07, 6.45) is 12.9. The van der Waals surface area contributed by atoms with E-state index in [1.807, 2.05) is 6.92 Å². The highest BCUT2D eigenvalue weighted by Crippen LogP contribution is 2.11. The van der Waals surface area contributed by atoms with Crippen LogP contribution < -0.4 is 0 Å². The molecule has 0 bridgehead atoms. The highest BCUT2D eigenvalue weighted by Gasteiger charge is 1.95. The van der Waals surface area contributed by atoms with Gasteiger partial charge in [0.15, 0.2) is 0 Å². The van der Waals surface area contributed by atoms with Crippen LogP contribution >= 0.6 is 0 Å². The van der Waals surface area contributed by atoms with Crippen molar-refractivity contribution in [1.29, 1.82) is 0 Å². The zero-order valence-electron chi connectivity index (χ0n) is 11.1. The lowest BCUT2D eigenvalue weighted by Crippen LogP contribution is -1.88. The molecule has 0 radical (unpaired) electrons. The van der Waals surface area contributed by atoms with E-state index in [1.54, 1.807) is 0 Å². The Kier molecular flexibility index (Phi) is 6.09. The lowest BCUT2D eigenvalue weighted by atomic mass is 10.0. The van der Waals surface area contributed by atoms with Gasteiger partial charge in [0.1, 0.15) is 0 Å². The first kappa shape index (κ1) is 13.5. The number of hydrogen-bond donors (Lipinski definition) is 0. The molecule has 0 aliphatic heterocycles. The molecule has 0 heterocycles. The van der Waals surface area contributed by atoms with Crippen molar-refractivity contribution in [3.05, 3.63) is 71.3 Å². The van der Waals surface area contributed by atoms with E-state index in [1.165, 1.54) is 16.7 Å². The number of benzene rings is 1. The normalized spacial score (nSPS) is 12.8. The monoisotopic (exact) mass is 226 g/mol. The summed E-state index contributed by atoms with van der Waals surface area (Å²) in [5.74, 6) is 0. The van der Waals surface area contributed by atoms with Gasteiger partial charge in [-0.2, -0.15) is 0 Å². The third kappa shape index (κ3) is 5.35. The highest BCUT2D eigenvalue weighted by molar-refractivity contribution is 5.32. The van der Waals surface area contributed by atoms with Crippen molar-refractivity contribution >= 4 is 0 Å². The van der Waals surface area contributed by atoms with Crippen molar-refractivity contribution in [3.8, 4) is 0 Å². The van der Waals surface area contributed by atoms with Gasteiger partial charge in [-0.15, -0.1) is 0 Å². The predicted octanol–water partition coefficient (Wildman–Crippen LogP) is 5.01. The maximum Gasteiger partial charge on any atom is -0.00259 e. The fraction of sp³-hybridized carbons (Fsp3) is 0.294. The van der Waals surface area contributed by atoms with Crippen LogP contribution in [0.2, 0.25) is 0 Å². The zero-order valence-corrected chi connectivity index (χ0v) is 11.1. The summed E-state index contributed by atoms with van der Waals surface area (Å²) in [6, 6.07) is 8.76. The molecule has 0 aliphatic rings. The Balaban J connectivity index is 2.78. The van der Waals surface area contributed by atoms with Gasteiger partial charge in [-0.25, -0.2) is 0 Å². The highest BCUT2D eigenvalue weighted by atomic mass is 14.0. The van der Waals surface area contributed by atoms with E-state index in [4.69, 9.17) is 0 Å². The molecule has 1 aromatic carbocycles. The van der Waals surface area contributed by atoms with Gasteiger partial charge in [-0.05, 0) is 37.8 Å². The predicted molar refractivity (Wildman–Crippen MR) is 77.2 cm³/mol. The summed E-state index contributed by atoms with van der Waals surface area (Å²) < 4.78 is 0. The third-order valence-electron chi connectivity index (χ3n) is 2.60. The van der Waals surface area contributed by atoms with Gasteiger partial charge in [0.2, 0.25) is 0 Å². The molecule has 0 amide bonds. The zero-order chi connectivity index (χ0) is 12.5. The molecule has 0 atom stereocenters. The van der Waals surface area contributed by atoms with Crippen LogP contribution in [0.4, 0.5) is 0 Å². The molecule has 0 nitrogen and oxygen atoms in total. The number of aryl methyl sites for hydroxylation is 1. The summed E-state index contributed by atoms with van der Waals surface area (Å²) >= 11 is 0. The maximum absolute atomic E-state index is 2.22. The number of hydrogen-bond acceptors (Lipinski definition) is 0. The molecule has 0 saturated carbocycles. The Morgan fingerprint density at radius 1 is 1.18 bits per heavy atom. The molecule has 0 fully saturated rings. The quantitative estimate of drug-likeness (QED) is 0.619. The van der Waals surface area contributed by atoms with E-state index >= 15 is 0 Å². The SMILES string of the molecule is C\C=C/C=C(\C=C/CC)Cc1ccc(C)cc1. The molecule has 0 heteroatoms. The van der Waals surface area contributed by atoms with E-state index < -0.39 is 0 Å². The number of allylic oxidation sites excluding steroid dienone is 6. The second-order valence-electron chi connectivity index (χ2n) is 4.24. The summed E-state index contributed by atoms with van der Waals surface area (Å²) in [6.45, 7) is 6.33. The van der Waals surface area contributed by atoms with Crippen molar-refractivity contribution in [2.24, 2.45) is 0 Å². The Bertz CT molecular complexity index is 402. The summed E-state index contributed by atoms with van der Waals surface area (Å²) in [7, 11) is 0. The second-order valence-corrected chi connectivity index (χ2v) is 4.24. The van der Waals surface area contributed by atoms with Crippen LogP contribution in [0.15, 0.2) is 60.2 Å². The van der Waals surface area contributed by atoms with Gasteiger partial charge in [-0.3, -0.25) is 0 Å². The summed E-state index contributed by atoms with van der Waals surface area (Å²) in [5.41, 5.74) is 4.04. The van der Waals surface area contributed by atoms with Crippen molar-refractivity contribution in [3.63, 3.8) is 0 Å². The van der Waals surface area contributed by atoms with E-state index in [2.05, 4.69) is 68.5 Å². The Labute approximate surface area is 105 Å². The van der Waals surface area contributed by atoms with Crippen LogP contribution in [0, 0.1) is 6.92 Å². The van der Waals surface area contributed by atoms with E-state index in [0.717, 1.165) is 12.8 Å². The van der Waals surface area contributed by atoms with Gasteiger partial charge in [0.25, 0.3) is 0 Å². The van der Waals surface area contributed by atoms with Crippen molar-refractivity contribution in [2.75, 3.05) is 0 Å². The van der Waals surface area contributed by atoms with Crippen molar-refractivity contribution in [2.45, 2.75) is 33.6 Å². The molecule has 1 aromatic rings. The first-order valence-corrected chi connectivity index (χ1v) is 6.30. The van der Waals surface area contributed by atoms with Gasteiger partial charge < -0.3 is 0 Å². The van der Waals surface area contributed by atoms with Gasteiger partial charge in [-0.1, -0.05) is 67.1 Å². The Hall–Kier alpha value is -1.56. The molecule has 90 valence electrons. The Morgan fingerprint density at radius 2 is 1.88 bits per heavy atom. The molecular formula is C17H22. The molecule has 1 rings (SSSR count). The lowest BCUT2D eigenvalue weighted by Gasteiger charge is -2.03. The van der Waals surface area contributed by atoms with Gasteiger partial charge in [0, 0.05) is 0 Å². The molecule has 0 saturated heterocycles. The van der Waals surface area contributed by atoms with E-state index in [0.29, 0.717) is 0 Å². The second kappa shape index (κ2) is 7.67. The first-order chi connectivity index (χ1) is 8.26. The molecule has 0 unspecified atom stereocenters. The minimum Gasteiger partial charge on any atom is -0.0877 e. The molecule has 0 spiro atoms. The summed E-state index contributed by atoms with van der Waals surface area (Å²) in [5, 5.41) is 0. The van der Waals surface area contributed by atoms with Crippen molar-refractivity contribution in [1.82, 2.24) is 0 Å². The van der Waals surface area contributed by atoms with Crippen LogP contribution in [0.5, 0.6) is 0 Å². The molecule has 0 N–H and O–H groups in total. The fourth-order valence-corrected chi connectivity index (χ4v) is 1.60. The third-order valence-corrected chi connectivity index (χ3v) is 2.60. The van der Waals surface area contributed by atoms with E-state index in [-0.39, 0.29) is 0 Å². The van der Waals surface area contributed by atoms with E-state index in [9.17, 15) is 0 Å². The maximum atomic E-state index is 2.22. The van der Waals surface area contributed by atoms with Crippen LogP contribution in [-0.4, -0.2) is 0 Å². The van der Waals surface area contributed by atoms with Crippen LogP contribution in [0.1, 0.15) is 31.4 Å². The average Bonchev–Trinajstić information content (AvgIpc) is 2.35. The fourth-order valence-electron chi connectivity index (χ4n) is 1.60. The lowest BCUT2D eigenvalue weighted by molar-refractivity contribution is 1.16. The summed E-state index contributed by atoms with van der Waals surface area (Å²) in [4.78, 5) is 0. The van der Waals surface area contributed by atoms with Crippen LogP contribution in [-0.2, 0) is 6.42 Å². The molecule has 0 aliphatic carbocycles. The standard InChI is InChI=1S/C17H22/c1-4-6-8-16(9-7-5-2)14-17-12-10-15(3)11-13-17/h4,6-13H,5,14H2,1-3H3/b6-4-,9-7-,16-8+. The average molecular weight is 226 g/mol. The Morgan fingerprint density at radius 3 is 2.47 bits per heavy atom. The minimum absolute atomic E-state index is 1.00. The molecule has 17 heavy (non-hydrogen) atoms. The molecule has 0 aromatic heterocycles. The minimum atomic E-state index is 1.00. The molecular weight excluding hydrogens is 204 g/mol. The topological polar surface area (TPSA) is 0 Å². The van der Waals surface area contributed by atoms with Crippen molar-refractivity contribution < 1.29 is 0 Å². The van der Waals surface area contributed by atoms with Crippen LogP contribution in [0.3, 0.4) is 0 Å². The van der Waals surface area contributed by atoms with Crippen LogP contribution in [0.25, 0.3) is 0 Å². The smallest absolute Gasteiger partial charge is 0.00259 e.